The first-order valence-corrected chi connectivity index (χ1v) is 8.19. The van der Waals surface area contributed by atoms with Crippen molar-refractivity contribution < 1.29 is 0 Å². The fraction of sp³-hybridized carbons (Fsp3) is 0.500. The molecule has 0 aliphatic heterocycles. The van der Waals surface area contributed by atoms with E-state index in [1.807, 2.05) is 10.7 Å². The van der Waals surface area contributed by atoms with Crippen LogP contribution in [0.3, 0.4) is 0 Å². The standard InChI is InChI=1S/C16H23BrN4/c1-12(2)10-21-16(19-11-20-21)8-13(9-18)7-14-5-3-4-6-15(14)17/h3-6,11-13H,7-10,18H2,1-2H3. The Bertz CT molecular complexity index is 565. The van der Waals surface area contributed by atoms with Crippen LogP contribution in [0.4, 0.5) is 0 Å². The van der Waals surface area contributed by atoms with Crippen molar-refractivity contribution in [3.8, 4) is 0 Å². The van der Waals surface area contributed by atoms with Crippen LogP contribution in [-0.2, 0) is 19.4 Å². The van der Waals surface area contributed by atoms with Crippen LogP contribution < -0.4 is 5.73 Å². The minimum atomic E-state index is 0.374. The summed E-state index contributed by atoms with van der Waals surface area (Å²) in [6.45, 7) is 5.93. The molecule has 21 heavy (non-hydrogen) atoms. The van der Waals surface area contributed by atoms with Gasteiger partial charge in [-0.3, -0.25) is 0 Å². The van der Waals surface area contributed by atoms with Gasteiger partial charge >= 0.3 is 0 Å². The molecule has 1 aromatic carbocycles. The van der Waals surface area contributed by atoms with Gasteiger partial charge in [0, 0.05) is 17.4 Å². The molecule has 1 atom stereocenters. The van der Waals surface area contributed by atoms with Gasteiger partial charge in [0.05, 0.1) is 0 Å². The lowest BCUT2D eigenvalue weighted by molar-refractivity contribution is 0.439. The summed E-state index contributed by atoms with van der Waals surface area (Å²) < 4.78 is 3.15. The summed E-state index contributed by atoms with van der Waals surface area (Å²) in [4.78, 5) is 4.41. The van der Waals surface area contributed by atoms with Gasteiger partial charge < -0.3 is 5.73 Å². The summed E-state index contributed by atoms with van der Waals surface area (Å²) in [5.41, 5.74) is 7.26. The predicted octanol–water partition coefficient (Wildman–Crippen LogP) is 3.06. The van der Waals surface area contributed by atoms with Gasteiger partial charge in [0.2, 0.25) is 0 Å². The average Bonchev–Trinajstić information content (AvgIpc) is 2.86. The maximum atomic E-state index is 5.97. The molecule has 0 saturated heterocycles. The van der Waals surface area contributed by atoms with Crippen molar-refractivity contribution in [1.82, 2.24) is 14.8 Å². The van der Waals surface area contributed by atoms with E-state index in [2.05, 4.69) is 58.1 Å². The zero-order chi connectivity index (χ0) is 15.2. The molecule has 0 saturated carbocycles. The van der Waals surface area contributed by atoms with Crippen LogP contribution in [0.5, 0.6) is 0 Å². The van der Waals surface area contributed by atoms with Gasteiger partial charge in [-0.05, 0) is 36.4 Å². The SMILES string of the molecule is CC(C)Cn1ncnc1CC(CN)Cc1ccccc1Br. The van der Waals surface area contributed by atoms with Gasteiger partial charge in [-0.1, -0.05) is 48.0 Å². The second-order valence-electron chi connectivity index (χ2n) is 5.85. The zero-order valence-electron chi connectivity index (χ0n) is 12.7. The minimum Gasteiger partial charge on any atom is -0.330 e. The Labute approximate surface area is 134 Å². The third kappa shape index (κ3) is 4.64. The smallest absolute Gasteiger partial charge is 0.138 e. The summed E-state index contributed by atoms with van der Waals surface area (Å²) in [6, 6.07) is 8.31. The Morgan fingerprint density at radius 1 is 1.24 bits per heavy atom. The fourth-order valence-electron chi connectivity index (χ4n) is 2.42. The molecule has 1 aromatic heterocycles. The van der Waals surface area contributed by atoms with Crippen molar-refractivity contribution >= 4 is 15.9 Å². The Hall–Kier alpha value is -1.20. The Balaban J connectivity index is 2.06. The first-order valence-electron chi connectivity index (χ1n) is 7.40. The first kappa shape index (κ1) is 16.2. The molecule has 0 amide bonds. The quantitative estimate of drug-likeness (QED) is 0.834. The highest BCUT2D eigenvalue weighted by Gasteiger charge is 2.15. The third-order valence-corrected chi connectivity index (χ3v) is 4.28. The van der Waals surface area contributed by atoms with Crippen LogP contribution in [0.1, 0.15) is 25.2 Å². The Morgan fingerprint density at radius 2 is 2.00 bits per heavy atom. The molecule has 2 N–H and O–H groups in total. The van der Waals surface area contributed by atoms with Gasteiger partial charge in [-0.2, -0.15) is 5.10 Å². The monoisotopic (exact) mass is 350 g/mol. The fourth-order valence-corrected chi connectivity index (χ4v) is 2.86. The lowest BCUT2D eigenvalue weighted by atomic mass is 9.96. The largest absolute Gasteiger partial charge is 0.330 e. The summed E-state index contributed by atoms with van der Waals surface area (Å²) in [5, 5.41) is 4.32. The Morgan fingerprint density at radius 3 is 2.67 bits per heavy atom. The number of rotatable bonds is 7. The second kappa shape index (κ2) is 7.71. The summed E-state index contributed by atoms with van der Waals surface area (Å²) in [7, 11) is 0. The number of halogens is 1. The number of hydrogen-bond acceptors (Lipinski definition) is 3. The van der Waals surface area contributed by atoms with Crippen molar-refractivity contribution in [2.45, 2.75) is 33.2 Å². The number of hydrogen-bond donors (Lipinski definition) is 1. The average molecular weight is 351 g/mol. The highest BCUT2D eigenvalue weighted by molar-refractivity contribution is 9.10. The number of nitrogens with zero attached hydrogens (tertiary/aromatic N) is 3. The van der Waals surface area contributed by atoms with Crippen LogP contribution in [0, 0.1) is 11.8 Å². The normalized spacial score (nSPS) is 12.8. The van der Waals surface area contributed by atoms with Crippen LogP contribution in [0.2, 0.25) is 0 Å². The van der Waals surface area contributed by atoms with Crippen molar-refractivity contribution in [3.63, 3.8) is 0 Å². The molecule has 1 unspecified atom stereocenters. The van der Waals surface area contributed by atoms with E-state index in [1.54, 1.807) is 6.33 Å². The van der Waals surface area contributed by atoms with E-state index < -0.39 is 0 Å². The molecule has 4 nitrogen and oxygen atoms in total. The maximum absolute atomic E-state index is 5.97. The molecule has 0 bridgehead atoms. The predicted molar refractivity (Wildman–Crippen MR) is 89.0 cm³/mol. The first-order chi connectivity index (χ1) is 10.1. The van der Waals surface area contributed by atoms with E-state index in [0.717, 1.165) is 29.7 Å². The van der Waals surface area contributed by atoms with Crippen molar-refractivity contribution in [3.05, 3.63) is 46.5 Å². The van der Waals surface area contributed by atoms with E-state index in [1.165, 1.54) is 5.56 Å². The van der Waals surface area contributed by atoms with E-state index in [9.17, 15) is 0 Å². The Kier molecular flexibility index (Phi) is 5.94. The van der Waals surface area contributed by atoms with Gasteiger partial charge in [0.25, 0.3) is 0 Å². The van der Waals surface area contributed by atoms with E-state index >= 15 is 0 Å². The molecule has 0 aliphatic rings. The van der Waals surface area contributed by atoms with E-state index in [0.29, 0.717) is 18.4 Å². The van der Waals surface area contributed by atoms with Gasteiger partial charge in [0.1, 0.15) is 12.2 Å². The molecule has 0 aliphatic carbocycles. The van der Waals surface area contributed by atoms with Crippen LogP contribution in [-0.4, -0.2) is 21.3 Å². The highest BCUT2D eigenvalue weighted by atomic mass is 79.9. The number of benzene rings is 1. The summed E-state index contributed by atoms with van der Waals surface area (Å²) in [5.74, 6) is 1.97. The van der Waals surface area contributed by atoms with Crippen LogP contribution >= 0.6 is 15.9 Å². The molecule has 0 radical (unpaired) electrons. The van der Waals surface area contributed by atoms with Gasteiger partial charge in [-0.15, -0.1) is 0 Å². The van der Waals surface area contributed by atoms with Crippen molar-refractivity contribution in [2.24, 2.45) is 17.6 Å². The number of nitrogens with two attached hydrogens (primary N) is 1. The van der Waals surface area contributed by atoms with Crippen molar-refractivity contribution in [1.29, 1.82) is 0 Å². The summed E-state index contributed by atoms with van der Waals surface area (Å²) in [6.07, 6.45) is 3.46. The second-order valence-corrected chi connectivity index (χ2v) is 6.71. The van der Waals surface area contributed by atoms with Crippen LogP contribution in [0.15, 0.2) is 35.1 Å². The summed E-state index contributed by atoms with van der Waals surface area (Å²) >= 11 is 3.61. The molecule has 2 rings (SSSR count). The highest BCUT2D eigenvalue weighted by Crippen LogP contribution is 2.21. The number of aromatic nitrogens is 3. The molecular weight excluding hydrogens is 328 g/mol. The molecule has 2 aromatic rings. The lowest BCUT2D eigenvalue weighted by Crippen LogP contribution is -2.22. The van der Waals surface area contributed by atoms with Gasteiger partial charge in [0.15, 0.2) is 0 Å². The maximum Gasteiger partial charge on any atom is 0.138 e. The third-order valence-electron chi connectivity index (χ3n) is 3.50. The van der Waals surface area contributed by atoms with E-state index in [4.69, 9.17) is 5.73 Å². The van der Waals surface area contributed by atoms with E-state index in [-0.39, 0.29) is 0 Å². The topological polar surface area (TPSA) is 56.7 Å². The lowest BCUT2D eigenvalue weighted by Gasteiger charge is -2.16. The van der Waals surface area contributed by atoms with Crippen LogP contribution in [0.25, 0.3) is 0 Å². The molecule has 5 heteroatoms. The minimum absolute atomic E-state index is 0.374. The molecule has 1 heterocycles. The molecular formula is C16H23BrN4. The molecule has 0 spiro atoms. The van der Waals surface area contributed by atoms with Gasteiger partial charge in [-0.25, -0.2) is 9.67 Å². The molecule has 0 fully saturated rings. The molecule has 114 valence electrons. The zero-order valence-corrected chi connectivity index (χ0v) is 14.3. The van der Waals surface area contributed by atoms with Crippen molar-refractivity contribution in [2.75, 3.05) is 6.54 Å².